The largest absolute Gasteiger partial charge is 0.408 e. The van der Waals surface area contributed by atoms with E-state index < -0.39 is 0 Å². The lowest BCUT2D eigenvalue weighted by Gasteiger charge is -2.03. The molecule has 1 aliphatic heterocycles. The maximum atomic E-state index is 5.30. The van der Waals surface area contributed by atoms with Gasteiger partial charge in [0.1, 0.15) is 5.75 Å². The maximum absolute atomic E-state index is 5.30. The Bertz CT molecular complexity index is 838. The number of benzene rings is 2. The first-order valence-electron chi connectivity index (χ1n) is 8.65. The zero-order valence-electron chi connectivity index (χ0n) is 13.7. The van der Waals surface area contributed by atoms with Gasteiger partial charge in [0.05, 0.1) is 0 Å². The maximum Gasteiger partial charge on any atom is 0.150 e. The van der Waals surface area contributed by atoms with Crippen molar-refractivity contribution in [2.45, 2.75) is 25.7 Å². The minimum Gasteiger partial charge on any atom is -0.408 e. The van der Waals surface area contributed by atoms with E-state index in [1.807, 2.05) is 18.2 Å². The summed E-state index contributed by atoms with van der Waals surface area (Å²) >= 11 is 0. The van der Waals surface area contributed by atoms with Gasteiger partial charge in [0, 0.05) is 28.7 Å². The Morgan fingerprint density at radius 2 is 1.79 bits per heavy atom. The summed E-state index contributed by atoms with van der Waals surface area (Å²) in [5.74, 6) is 0.977. The molecule has 2 aliphatic rings. The van der Waals surface area contributed by atoms with Crippen molar-refractivity contribution in [1.82, 2.24) is 10.5 Å². The van der Waals surface area contributed by atoms with E-state index in [9.17, 15) is 0 Å². The van der Waals surface area contributed by atoms with Crippen molar-refractivity contribution in [2.75, 3.05) is 6.54 Å². The molecule has 2 aromatic carbocycles. The molecule has 0 radical (unpaired) electrons. The summed E-state index contributed by atoms with van der Waals surface area (Å²) in [6, 6.07) is 16.6. The van der Waals surface area contributed by atoms with Gasteiger partial charge in [0.2, 0.25) is 0 Å². The first-order valence-corrected chi connectivity index (χ1v) is 8.65. The van der Waals surface area contributed by atoms with Crippen molar-refractivity contribution < 1.29 is 4.84 Å². The van der Waals surface area contributed by atoms with Crippen LogP contribution >= 0.6 is 0 Å². The second kappa shape index (κ2) is 6.93. The van der Waals surface area contributed by atoms with Crippen LogP contribution in [0.4, 0.5) is 0 Å². The smallest absolute Gasteiger partial charge is 0.150 e. The summed E-state index contributed by atoms with van der Waals surface area (Å²) in [7, 11) is 0. The molecule has 24 heavy (non-hydrogen) atoms. The lowest BCUT2D eigenvalue weighted by atomic mass is 10.0. The number of hydrogen-bond acceptors (Lipinski definition) is 2. The monoisotopic (exact) mass is 318 g/mol. The molecule has 0 atom stereocenters. The normalized spacial score (nSPS) is 15.5. The number of aromatic amines is 1. The lowest BCUT2D eigenvalue weighted by Crippen LogP contribution is -2.17. The topological polar surface area (TPSA) is 37.0 Å². The summed E-state index contributed by atoms with van der Waals surface area (Å²) in [5.41, 5.74) is 8.25. The van der Waals surface area contributed by atoms with Crippen LogP contribution in [0.5, 0.6) is 5.75 Å². The van der Waals surface area contributed by atoms with Gasteiger partial charge in [-0.3, -0.25) is 0 Å². The third-order valence-electron chi connectivity index (χ3n) is 4.55. The Kier molecular flexibility index (Phi) is 4.34. The van der Waals surface area contributed by atoms with E-state index in [2.05, 4.69) is 52.9 Å². The lowest BCUT2D eigenvalue weighted by molar-refractivity contribution is 0.202. The van der Waals surface area contributed by atoms with E-state index in [1.54, 1.807) is 0 Å². The number of aromatic nitrogens is 1. The van der Waals surface area contributed by atoms with Gasteiger partial charge in [-0.15, -0.1) is 0 Å². The molecule has 122 valence electrons. The van der Waals surface area contributed by atoms with E-state index in [0.29, 0.717) is 0 Å². The summed E-state index contributed by atoms with van der Waals surface area (Å²) in [5, 5.41) is 1.36. The Morgan fingerprint density at radius 1 is 0.917 bits per heavy atom. The molecule has 1 aliphatic carbocycles. The first kappa shape index (κ1) is 15.0. The van der Waals surface area contributed by atoms with Crippen LogP contribution < -0.4 is 10.3 Å². The first-order chi connectivity index (χ1) is 11.9. The van der Waals surface area contributed by atoms with Crippen molar-refractivity contribution in [3.8, 4) is 5.75 Å². The van der Waals surface area contributed by atoms with Crippen molar-refractivity contribution in [3.63, 3.8) is 0 Å². The Balaban J connectivity index is 0.000000123. The molecule has 3 aromatic rings. The molecular formula is C21H22N2O. The summed E-state index contributed by atoms with van der Waals surface area (Å²) in [4.78, 5) is 8.76. The fourth-order valence-electron chi connectivity index (χ4n) is 3.33. The zero-order chi connectivity index (χ0) is 16.2. The number of para-hydroxylation sites is 2. The standard InChI is InChI=1S/C12H11N.C9H11NO/c1-3-7-11-9(5-1)10-6-2-4-8-12(10)13-11;1-2-6-9-8(4-1)5-3-7-10-11-9/h1-3,5-7,13H,4,8H2;1-2,4,6,10H,3,5,7H2. The molecular weight excluding hydrogens is 296 g/mol. The van der Waals surface area contributed by atoms with Crippen LogP contribution in [0.15, 0.2) is 54.6 Å². The number of H-pyrrole nitrogens is 1. The van der Waals surface area contributed by atoms with Gasteiger partial charge in [0.15, 0.2) is 0 Å². The number of allylic oxidation sites excluding steroid dienone is 1. The van der Waals surface area contributed by atoms with Crippen LogP contribution in [0, 0.1) is 0 Å². The Morgan fingerprint density at radius 3 is 2.79 bits per heavy atom. The number of hydroxylamine groups is 1. The van der Waals surface area contributed by atoms with Crippen LogP contribution in [0.2, 0.25) is 0 Å². The van der Waals surface area contributed by atoms with Crippen LogP contribution in [0.25, 0.3) is 17.0 Å². The minimum atomic E-state index is 0.939. The van der Waals surface area contributed by atoms with Crippen molar-refractivity contribution >= 4 is 17.0 Å². The molecule has 1 aromatic heterocycles. The van der Waals surface area contributed by atoms with Crippen LogP contribution in [-0.2, 0) is 12.8 Å². The molecule has 2 heterocycles. The second-order valence-corrected chi connectivity index (χ2v) is 6.21. The fourth-order valence-corrected chi connectivity index (χ4v) is 3.33. The van der Waals surface area contributed by atoms with Crippen molar-refractivity contribution in [2.24, 2.45) is 0 Å². The summed E-state index contributed by atoms with van der Waals surface area (Å²) in [6.45, 7) is 0.939. The molecule has 0 unspecified atom stereocenters. The second-order valence-electron chi connectivity index (χ2n) is 6.21. The van der Waals surface area contributed by atoms with Gasteiger partial charge in [-0.1, -0.05) is 48.6 Å². The zero-order valence-corrected chi connectivity index (χ0v) is 13.7. The molecule has 0 amide bonds. The van der Waals surface area contributed by atoms with E-state index in [0.717, 1.165) is 31.6 Å². The van der Waals surface area contributed by atoms with E-state index >= 15 is 0 Å². The van der Waals surface area contributed by atoms with Crippen molar-refractivity contribution in [1.29, 1.82) is 0 Å². The van der Waals surface area contributed by atoms with E-state index in [4.69, 9.17) is 4.84 Å². The van der Waals surface area contributed by atoms with Crippen LogP contribution in [0.1, 0.15) is 29.7 Å². The van der Waals surface area contributed by atoms with Gasteiger partial charge < -0.3 is 9.82 Å². The minimum absolute atomic E-state index is 0.939. The number of rotatable bonds is 0. The van der Waals surface area contributed by atoms with Gasteiger partial charge in [-0.25, -0.2) is 0 Å². The SMILES string of the molecule is C1=Cc2c([nH]c3ccccc23)CC1.c1ccc2c(c1)CCCNO2. The molecule has 0 bridgehead atoms. The van der Waals surface area contributed by atoms with Crippen LogP contribution in [-0.4, -0.2) is 11.5 Å². The number of hydrogen-bond donors (Lipinski definition) is 2. The fraction of sp³-hybridized carbons (Fsp3) is 0.238. The quantitative estimate of drug-likeness (QED) is 0.633. The highest BCUT2D eigenvalue weighted by molar-refractivity contribution is 5.90. The molecule has 0 saturated heterocycles. The number of aryl methyl sites for hydroxylation is 2. The molecule has 0 fully saturated rings. The predicted molar refractivity (Wildman–Crippen MR) is 99.0 cm³/mol. The number of fused-ring (bicyclic) bond motifs is 4. The molecule has 3 nitrogen and oxygen atoms in total. The highest BCUT2D eigenvalue weighted by atomic mass is 16.6. The average molecular weight is 318 g/mol. The molecule has 0 saturated carbocycles. The summed E-state index contributed by atoms with van der Waals surface area (Å²) in [6.07, 6.45) is 9.07. The molecule has 2 N–H and O–H groups in total. The highest BCUT2D eigenvalue weighted by Crippen LogP contribution is 2.27. The summed E-state index contributed by atoms with van der Waals surface area (Å²) < 4.78 is 0. The van der Waals surface area contributed by atoms with Gasteiger partial charge in [0.25, 0.3) is 0 Å². The van der Waals surface area contributed by atoms with Gasteiger partial charge in [-0.2, -0.15) is 5.48 Å². The van der Waals surface area contributed by atoms with Crippen LogP contribution in [0.3, 0.4) is 0 Å². The predicted octanol–water partition coefficient (Wildman–Crippen LogP) is 4.64. The molecule has 3 heteroatoms. The van der Waals surface area contributed by atoms with E-state index in [1.165, 1.54) is 34.1 Å². The van der Waals surface area contributed by atoms with E-state index in [-0.39, 0.29) is 0 Å². The average Bonchev–Trinajstić information content (AvgIpc) is 2.84. The molecule has 0 spiro atoms. The highest BCUT2D eigenvalue weighted by Gasteiger charge is 2.10. The molecule has 5 rings (SSSR count). The van der Waals surface area contributed by atoms with Gasteiger partial charge in [-0.05, 0) is 43.4 Å². The van der Waals surface area contributed by atoms with Gasteiger partial charge >= 0.3 is 0 Å². The third-order valence-corrected chi connectivity index (χ3v) is 4.55. The Hall–Kier alpha value is -2.52. The third kappa shape index (κ3) is 3.08. The number of nitrogens with one attached hydrogen (secondary N) is 2. The van der Waals surface area contributed by atoms with Crippen molar-refractivity contribution in [3.05, 3.63) is 71.4 Å². The Labute approximate surface area is 142 Å².